The van der Waals surface area contributed by atoms with Gasteiger partial charge in [0, 0.05) is 11.1 Å². The number of aliphatic hydroxyl groups excluding tert-OH is 1. The quantitative estimate of drug-likeness (QED) is 0.116. The molecule has 11 atom stereocenters. The van der Waals surface area contributed by atoms with Crippen LogP contribution in [0.4, 0.5) is 5.69 Å². The highest BCUT2D eigenvalue weighted by molar-refractivity contribution is 6.00. The van der Waals surface area contributed by atoms with Crippen LogP contribution in [-0.4, -0.2) is 137 Å². The van der Waals surface area contributed by atoms with Crippen molar-refractivity contribution in [1.82, 2.24) is 47.9 Å². The van der Waals surface area contributed by atoms with Crippen LogP contribution < -0.4 is 62.6 Å². The number of anilines is 1. The number of para-hydroxylation sites is 1. The van der Waals surface area contributed by atoms with E-state index in [-0.39, 0.29) is 54.0 Å². The van der Waals surface area contributed by atoms with Gasteiger partial charge in [0.05, 0.1) is 30.7 Å². The molecule has 4 aromatic carbocycles. The third-order valence-electron chi connectivity index (χ3n) is 15.6. The first-order valence-electron chi connectivity index (χ1n) is 26.7. The van der Waals surface area contributed by atoms with Gasteiger partial charge in [0.1, 0.15) is 53.4 Å². The average molecular weight is 1110 g/mol. The molecule has 12 N–H and O–H groups in total. The number of hydrogen-bond acceptors (Lipinski definition) is 14. The zero-order valence-electron chi connectivity index (χ0n) is 45.0. The van der Waals surface area contributed by atoms with Crippen molar-refractivity contribution < 1.29 is 67.6 Å². The lowest BCUT2D eigenvalue weighted by atomic mass is 9.70. The topological polar surface area (TPSA) is 350 Å². The maximum absolute atomic E-state index is 14.6. The fourth-order valence-electron chi connectivity index (χ4n) is 11.1. The first kappa shape index (κ1) is 56.7. The molecule has 5 aliphatic rings. The highest BCUT2D eigenvalue weighted by Crippen LogP contribution is 2.60. The summed E-state index contributed by atoms with van der Waals surface area (Å²) in [4.78, 5) is 138. The van der Waals surface area contributed by atoms with Crippen molar-refractivity contribution in [2.75, 3.05) is 25.0 Å². The van der Waals surface area contributed by atoms with Crippen LogP contribution in [0.3, 0.4) is 0 Å². The second-order valence-corrected chi connectivity index (χ2v) is 21.4. The van der Waals surface area contributed by atoms with E-state index >= 15 is 0 Å². The predicted molar refractivity (Wildman–Crippen MR) is 289 cm³/mol. The van der Waals surface area contributed by atoms with Gasteiger partial charge in [-0.15, -0.1) is 0 Å². The van der Waals surface area contributed by atoms with Crippen molar-refractivity contribution in [3.8, 4) is 22.6 Å². The maximum atomic E-state index is 14.6. The number of carboxylic acid groups (broad SMARTS) is 1. The first-order valence-corrected chi connectivity index (χ1v) is 26.7. The van der Waals surface area contributed by atoms with E-state index in [4.69, 9.17) is 9.47 Å². The Hall–Kier alpha value is -9.06. The second kappa shape index (κ2) is 23.0. The number of carbonyl (C=O) groups is 10. The fraction of sp³-hybridized carbons (Fsp3) is 0.404. The lowest BCUT2D eigenvalue weighted by Gasteiger charge is -2.36. The molecule has 0 aromatic heterocycles. The Balaban J connectivity index is 1.13. The summed E-state index contributed by atoms with van der Waals surface area (Å²) in [5, 5.41) is 49.5. The number of ether oxygens (including phenoxy) is 2. The SMILES string of the molecule is CC[C@@]1(C)Oc2cccc3c2N[C@@H]2Oc4c5cc6cc4[C@]32C[C@H](NC(=O)[C@H](C)NC(=O)CNC(=O)[C@@H](NC(=O)[C@@H](NC(=O)[C@H](C)NC(=O)c2ccc(-c3ccccc3)cc2)C[C@@H](C)C5)[C@@H]6O)C(=O)NCC(=O)NCC(=O)N[C@@H]1C(=O)O. The molecule has 4 aromatic rings. The Kier molecular flexibility index (Phi) is 16.1. The Morgan fingerprint density at radius 3 is 2.14 bits per heavy atom. The van der Waals surface area contributed by atoms with Crippen LogP contribution >= 0.6 is 0 Å². The molecule has 0 saturated heterocycles. The van der Waals surface area contributed by atoms with Gasteiger partial charge in [-0.05, 0) is 111 Å². The normalized spacial score (nSPS) is 28.0. The molecule has 9 bridgehead atoms. The average Bonchev–Trinajstić information content (AvgIpc) is 4.16. The highest BCUT2D eigenvalue weighted by atomic mass is 16.5. The summed E-state index contributed by atoms with van der Waals surface area (Å²) in [6.07, 6.45) is -3.31. The van der Waals surface area contributed by atoms with Crippen LogP contribution in [0.1, 0.15) is 92.6 Å². The maximum Gasteiger partial charge on any atom is 0.330 e. The molecule has 0 aliphatic carbocycles. The molecule has 9 amide bonds. The Morgan fingerprint density at radius 1 is 0.741 bits per heavy atom. The molecule has 0 radical (unpaired) electrons. The van der Waals surface area contributed by atoms with E-state index in [0.717, 1.165) is 11.1 Å². The molecule has 24 heteroatoms. The number of fused-ring (bicyclic) bond motifs is 4. The van der Waals surface area contributed by atoms with E-state index in [1.807, 2.05) is 37.3 Å². The van der Waals surface area contributed by atoms with Gasteiger partial charge in [-0.3, -0.25) is 43.2 Å². The standard InChI is InChI=1S/C57H64N10O14/c1-6-56(5)47(54(78)79)65-42(70)25-58-40(68)24-59-51(75)38-23-57-35-13-10-14-39(81-56)43(35)67-55(57)80-46-34-19-27(2)20-37(63-49(73)29(4)62-50(74)32-17-15-31(16-18-32)30-11-8-7-9-12-30)52(76)66-44(45(71)33(21-34)22-36(46)57)53(77)60-26-41(69)61-28(3)48(72)64-38/h7-18,21-22,27-29,37-38,44-45,47,55,67,71H,6,19-20,23-26H2,1-5H3,(H,58,68)(H,59,75)(H,60,77)(H,61,69)(H,62,74)(H,63,73)(H,64,72)(H,65,70)(H,66,76)(H,78,79)/t27-,28-,29-,37-,38-,44-,45+,47+,55+,56+,57-/m0/s1. The Morgan fingerprint density at radius 2 is 1.42 bits per heavy atom. The number of aliphatic hydroxyl groups is 1. The molecule has 5 aliphatic heterocycles. The third kappa shape index (κ3) is 11.5. The molecule has 24 nitrogen and oxygen atoms in total. The van der Waals surface area contributed by atoms with Crippen molar-refractivity contribution >= 4 is 64.8 Å². The molecule has 1 spiro atoms. The third-order valence-corrected chi connectivity index (χ3v) is 15.6. The molecular formula is C57H64N10O14. The summed E-state index contributed by atoms with van der Waals surface area (Å²) in [5.41, 5.74) is 0.433. The van der Waals surface area contributed by atoms with Crippen LogP contribution in [0.5, 0.6) is 11.5 Å². The smallest absolute Gasteiger partial charge is 0.330 e. The molecule has 81 heavy (non-hydrogen) atoms. The van der Waals surface area contributed by atoms with E-state index in [0.29, 0.717) is 16.7 Å². The minimum Gasteiger partial charge on any atom is -0.483 e. The Labute approximate surface area is 465 Å². The van der Waals surface area contributed by atoms with Crippen molar-refractivity contribution in [1.29, 1.82) is 0 Å². The minimum atomic E-state index is -1.89. The number of carbonyl (C=O) groups excluding carboxylic acids is 9. The zero-order valence-corrected chi connectivity index (χ0v) is 45.0. The molecule has 5 heterocycles. The molecular weight excluding hydrogens is 1050 g/mol. The monoisotopic (exact) mass is 1110 g/mol. The zero-order chi connectivity index (χ0) is 58.1. The van der Waals surface area contributed by atoms with Crippen molar-refractivity contribution in [3.05, 3.63) is 113 Å². The summed E-state index contributed by atoms with van der Waals surface area (Å²) in [6.45, 7) is 5.64. The number of rotatable bonds is 7. The van der Waals surface area contributed by atoms with Gasteiger partial charge in [0.15, 0.2) is 12.3 Å². The summed E-state index contributed by atoms with van der Waals surface area (Å²) in [6, 6.07) is 15.5. The molecule has 0 fully saturated rings. The van der Waals surface area contributed by atoms with E-state index in [1.54, 1.807) is 61.5 Å². The second-order valence-electron chi connectivity index (χ2n) is 21.4. The van der Waals surface area contributed by atoms with Crippen LogP contribution in [0.15, 0.2) is 84.9 Å². The van der Waals surface area contributed by atoms with Crippen molar-refractivity contribution in [2.45, 2.75) is 120 Å². The van der Waals surface area contributed by atoms with Crippen LogP contribution in [0.25, 0.3) is 11.1 Å². The fourth-order valence-corrected chi connectivity index (χ4v) is 11.1. The van der Waals surface area contributed by atoms with Crippen molar-refractivity contribution in [2.24, 2.45) is 5.92 Å². The number of carboxylic acids is 1. The van der Waals surface area contributed by atoms with E-state index in [2.05, 4.69) is 53.2 Å². The van der Waals surface area contributed by atoms with Gasteiger partial charge in [-0.1, -0.05) is 68.4 Å². The predicted octanol–water partition coefficient (Wildman–Crippen LogP) is 0.0598. The minimum absolute atomic E-state index is 0.0361. The van der Waals surface area contributed by atoms with Crippen molar-refractivity contribution in [3.63, 3.8) is 0 Å². The largest absolute Gasteiger partial charge is 0.483 e. The lowest BCUT2D eigenvalue weighted by Crippen LogP contribution is -2.59. The van der Waals surface area contributed by atoms with Gasteiger partial charge in [-0.2, -0.15) is 0 Å². The number of aliphatic carboxylic acids is 1. The molecule has 0 unspecified atom stereocenters. The first-order chi connectivity index (χ1) is 38.6. The van der Waals surface area contributed by atoms with E-state index in [1.165, 1.54) is 20.8 Å². The summed E-state index contributed by atoms with van der Waals surface area (Å²) >= 11 is 0. The number of nitrogens with one attached hydrogen (secondary N) is 10. The van der Waals surface area contributed by atoms with Gasteiger partial charge >= 0.3 is 5.97 Å². The van der Waals surface area contributed by atoms with Gasteiger partial charge in [-0.25, -0.2) is 4.79 Å². The van der Waals surface area contributed by atoms with E-state index in [9.17, 15) is 58.2 Å². The van der Waals surface area contributed by atoms with Crippen LogP contribution in [0, 0.1) is 5.92 Å². The summed E-state index contributed by atoms with van der Waals surface area (Å²) in [5.74, 6) is -9.06. The molecule has 0 saturated carbocycles. The number of benzene rings is 4. The van der Waals surface area contributed by atoms with Crippen LogP contribution in [-0.2, 0) is 55.0 Å². The Bertz CT molecular complexity index is 3210. The highest BCUT2D eigenvalue weighted by Gasteiger charge is 2.59. The van der Waals surface area contributed by atoms with Crippen LogP contribution in [0.2, 0.25) is 0 Å². The van der Waals surface area contributed by atoms with Gasteiger partial charge in [0.2, 0.25) is 47.3 Å². The molecule has 9 rings (SSSR count). The van der Waals surface area contributed by atoms with Gasteiger partial charge < -0.3 is 72.9 Å². The summed E-state index contributed by atoms with van der Waals surface area (Å²) in [7, 11) is 0. The lowest BCUT2D eigenvalue weighted by molar-refractivity contribution is -0.148. The van der Waals surface area contributed by atoms with E-state index < -0.39 is 144 Å². The van der Waals surface area contributed by atoms with Gasteiger partial charge in [0.25, 0.3) is 5.91 Å². The number of hydrogen-bond donors (Lipinski definition) is 12. The molecule has 426 valence electrons. The summed E-state index contributed by atoms with van der Waals surface area (Å²) < 4.78 is 13.6. The number of amides is 9.